The van der Waals surface area contributed by atoms with Gasteiger partial charge < -0.3 is 10.3 Å². The third-order valence-electron chi connectivity index (χ3n) is 4.22. The van der Waals surface area contributed by atoms with Crippen molar-refractivity contribution in [2.75, 3.05) is 11.1 Å². The van der Waals surface area contributed by atoms with Crippen LogP contribution in [-0.2, 0) is 14.8 Å². The zero-order valence-electron chi connectivity index (χ0n) is 15.8. The molecule has 2 heterocycles. The molecule has 0 atom stereocenters. The molecule has 12 heteroatoms. The van der Waals surface area contributed by atoms with Crippen LogP contribution in [-0.4, -0.2) is 39.8 Å². The van der Waals surface area contributed by atoms with E-state index in [9.17, 15) is 18.0 Å². The maximum atomic E-state index is 12.4. The number of hydrogen-bond donors (Lipinski definition) is 3. The highest BCUT2D eigenvalue weighted by Gasteiger charge is 2.14. The van der Waals surface area contributed by atoms with Crippen molar-refractivity contribution in [3.8, 4) is 5.69 Å². The van der Waals surface area contributed by atoms with Crippen LogP contribution in [0.15, 0.2) is 75.6 Å². The zero-order chi connectivity index (χ0) is 22.0. The van der Waals surface area contributed by atoms with Crippen LogP contribution in [0.3, 0.4) is 0 Å². The zero-order valence-corrected chi connectivity index (χ0v) is 17.5. The van der Waals surface area contributed by atoms with Crippen molar-refractivity contribution in [2.45, 2.75) is 10.1 Å². The fourth-order valence-corrected chi connectivity index (χ4v) is 3.96. The summed E-state index contributed by atoms with van der Waals surface area (Å²) in [6.07, 6.45) is 1.37. The second kappa shape index (κ2) is 8.34. The molecule has 0 unspecified atom stereocenters. The lowest BCUT2D eigenvalue weighted by atomic mass is 10.3. The molecule has 1 amide bonds. The quantitative estimate of drug-likeness (QED) is 0.293. The molecule has 2 aromatic heterocycles. The van der Waals surface area contributed by atoms with Gasteiger partial charge in [-0.2, -0.15) is 5.10 Å². The highest BCUT2D eigenvalue weighted by molar-refractivity contribution is 7.99. The number of carbonyl (C=O) groups is 1. The van der Waals surface area contributed by atoms with Gasteiger partial charge in [0.1, 0.15) is 5.39 Å². The second-order valence-electron chi connectivity index (χ2n) is 6.41. The summed E-state index contributed by atoms with van der Waals surface area (Å²) in [5.41, 5.74) is 1.05. The van der Waals surface area contributed by atoms with E-state index in [-0.39, 0.29) is 32.7 Å². The number of nitrogens with one attached hydrogen (secondary N) is 2. The minimum absolute atomic E-state index is 0.0422. The molecule has 4 aromatic rings. The fraction of sp³-hybridized carbons (Fsp3) is 0.0526. The first kappa shape index (κ1) is 20.8. The smallest absolute Gasteiger partial charge is 0.262 e. The first-order valence-corrected chi connectivity index (χ1v) is 11.4. The van der Waals surface area contributed by atoms with Gasteiger partial charge in [0.25, 0.3) is 5.56 Å². The van der Waals surface area contributed by atoms with Gasteiger partial charge in [0.05, 0.1) is 22.5 Å². The third kappa shape index (κ3) is 4.66. The van der Waals surface area contributed by atoms with E-state index in [1.807, 2.05) is 18.2 Å². The SMILES string of the molecule is NS(=O)(=O)c1ccc(-n2ncc3c(=O)[nH]c(SCC(=O)Nc4ccccc4)nc32)cc1. The van der Waals surface area contributed by atoms with Gasteiger partial charge in [-0.05, 0) is 36.4 Å². The molecule has 4 rings (SSSR count). The third-order valence-corrected chi connectivity index (χ3v) is 6.03. The molecule has 2 aromatic carbocycles. The summed E-state index contributed by atoms with van der Waals surface area (Å²) in [4.78, 5) is 31.6. The summed E-state index contributed by atoms with van der Waals surface area (Å²) in [5, 5.41) is 12.6. The first-order valence-electron chi connectivity index (χ1n) is 8.90. The maximum absolute atomic E-state index is 12.4. The van der Waals surface area contributed by atoms with Crippen molar-refractivity contribution < 1.29 is 13.2 Å². The number of nitrogens with two attached hydrogens (primary N) is 1. The topological polar surface area (TPSA) is 153 Å². The minimum atomic E-state index is -3.82. The highest BCUT2D eigenvalue weighted by Crippen LogP contribution is 2.19. The Balaban J connectivity index is 1.58. The van der Waals surface area contributed by atoms with E-state index in [1.54, 1.807) is 12.1 Å². The Hall–Kier alpha value is -3.48. The van der Waals surface area contributed by atoms with Gasteiger partial charge in [-0.1, -0.05) is 30.0 Å². The van der Waals surface area contributed by atoms with E-state index < -0.39 is 15.6 Å². The molecule has 10 nitrogen and oxygen atoms in total. The molecule has 0 aliphatic rings. The number of thioether (sulfide) groups is 1. The number of aromatic amines is 1. The van der Waals surface area contributed by atoms with Crippen LogP contribution >= 0.6 is 11.8 Å². The number of primary sulfonamides is 1. The van der Waals surface area contributed by atoms with Crippen LogP contribution < -0.4 is 16.0 Å². The number of hydrogen-bond acceptors (Lipinski definition) is 7. The monoisotopic (exact) mass is 456 g/mol. The van der Waals surface area contributed by atoms with Crippen LogP contribution in [0.4, 0.5) is 5.69 Å². The van der Waals surface area contributed by atoms with Gasteiger partial charge in [-0.25, -0.2) is 23.2 Å². The second-order valence-corrected chi connectivity index (χ2v) is 8.93. The predicted octanol–water partition coefficient (Wildman–Crippen LogP) is 1.49. The number of fused-ring (bicyclic) bond motifs is 1. The maximum Gasteiger partial charge on any atom is 0.262 e. The van der Waals surface area contributed by atoms with E-state index in [2.05, 4.69) is 20.4 Å². The van der Waals surface area contributed by atoms with E-state index in [1.165, 1.54) is 35.1 Å². The first-order chi connectivity index (χ1) is 14.8. The summed E-state index contributed by atoms with van der Waals surface area (Å²) in [7, 11) is -3.82. The lowest BCUT2D eigenvalue weighted by Crippen LogP contribution is -2.15. The van der Waals surface area contributed by atoms with Crippen molar-refractivity contribution in [3.05, 3.63) is 71.1 Å². The Labute approximate surface area is 180 Å². The molecule has 0 spiro atoms. The molecule has 0 radical (unpaired) electrons. The molecule has 0 aliphatic heterocycles. The number of nitrogens with zero attached hydrogens (tertiary/aromatic N) is 3. The number of amides is 1. The van der Waals surface area contributed by atoms with E-state index in [4.69, 9.17) is 5.14 Å². The van der Waals surface area contributed by atoms with Crippen molar-refractivity contribution in [2.24, 2.45) is 5.14 Å². The summed E-state index contributed by atoms with van der Waals surface area (Å²) in [6.45, 7) is 0. The molecular formula is C19H16N6O4S2. The normalized spacial score (nSPS) is 11.5. The molecule has 158 valence electrons. The van der Waals surface area contributed by atoms with Gasteiger partial charge >= 0.3 is 0 Å². The Bertz CT molecular complexity index is 1410. The van der Waals surface area contributed by atoms with Crippen LogP contribution in [0.5, 0.6) is 0 Å². The van der Waals surface area contributed by atoms with Crippen LogP contribution in [0.1, 0.15) is 0 Å². The van der Waals surface area contributed by atoms with Crippen molar-refractivity contribution in [1.82, 2.24) is 19.7 Å². The average molecular weight is 457 g/mol. The van der Waals surface area contributed by atoms with Crippen molar-refractivity contribution in [3.63, 3.8) is 0 Å². The van der Waals surface area contributed by atoms with Gasteiger partial charge in [-0.15, -0.1) is 0 Å². The average Bonchev–Trinajstić information content (AvgIpc) is 3.17. The predicted molar refractivity (Wildman–Crippen MR) is 117 cm³/mol. The molecule has 0 saturated heterocycles. The van der Waals surface area contributed by atoms with Gasteiger partial charge in [0.2, 0.25) is 15.9 Å². The summed E-state index contributed by atoms with van der Waals surface area (Å²) in [6, 6.07) is 14.7. The number of carbonyl (C=O) groups excluding carboxylic acids is 1. The van der Waals surface area contributed by atoms with Crippen molar-refractivity contribution in [1.29, 1.82) is 0 Å². The number of aromatic nitrogens is 4. The lowest BCUT2D eigenvalue weighted by Gasteiger charge is -2.06. The minimum Gasteiger partial charge on any atom is -0.325 e. The van der Waals surface area contributed by atoms with E-state index in [0.717, 1.165) is 11.8 Å². The molecule has 4 N–H and O–H groups in total. The van der Waals surface area contributed by atoms with E-state index in [0.29, 0.717) is 11.4 Å². The Kier molecular flexibility index (Phi) is 5.59. The van der Waals surface area contributed by atoms with Crippen LogP contribution in [0.25, 0.3) is 16.7 Å². The Morgan fingerprint density at radius 3 is 2.52 bits per heavy atom. The van der Waals surface area contributed by atoms with E-state index >= 15 is 0 Å². The molecular weight excluding hydrogens is 440 g/mol. The van der Waals surface area contributed by atoms with Crippen molar-refractivity contribution >= 4 is 44.4 Å². The lowest BCUT2D eigenvalue weighted by molar-refractivity contribution is -0.113. The number of sulfonamides is 1. The molecule has 0 fully saturated rings. The van der Waals surface area contributed by atoms with Gasteiger partial charge in [0.15, 0.2) is 10.8 Å². The molecule has 31 heavy (non-hydrogen) atoms. The molecule has 0 aliphatic carbocycles. The summed E-state index contributed by atoms with van der Waals surface area (Å²) < 4.78 is 24.3. The van der Waals surface area contributed by atoms with Crippen LogP contribution in [0.2, 0.25) is 0 Å². The highest BCUT2D eigenvalue weighted by atomic mass is 32.2. The molecule has 0 bridgehead atoms. The number of benzene rings is 2. The van der Waals surface area contributed by atoms with Gasteiger partial charge in [0, 0.05) is 5.69 Å². The standard InChI is InChI=1S/C19H16N6O4S2/c20-31(28,29)14-8-6-13(7-9-14)25-17-15(10-21-25)18(27)24-19(23-17)30-11-16(26)22-12-4-2-1-3-5-12/h1-10H,11H2,(H,22,26)(H2,20,28,29)(H,23,24,27). The number of anilines is 1. The summed E-state index contributed by atoms with van der Waals surface area (Å²) >= 11 is 1.07. The number of para-hydroxylation sites is 1. The number of rotatable bonds is 6. The fourth-order valence-electron chi connectivity index (χ4n) is 2.79. The number of H-pyrrole nitrogens is 1. The Morgan fingerprint density at radius 2 is 1.84 bits per heavy atom. The summed E-state index contributed by atoms with van der Waals surface area (Å²) in [5.74, 6) is -0.202. The van der Waals surface area contributed by atoms with Gasteiger partial charge in [-0.3, -0.25) is 9.59 Å². The Morgan fingerprint density at radius 1 is 1.13 bits per heavy atom. The molecule has 0 saturated carbocycles. The largest absolute Gasteiger partial charge is 0.325 e. The van der Waals surface area contributed by atoms with Crippen LogP contribution in [0, 0.1) is 0 Å².